The van der Waals surface area contributed by atoms with Crippen LogP contribution in [0.5, 0.6) is 0 Å². The van der Waals surface area contributed by atoms with Gasteiger partial charge in [-0.1, -0.05) is 52.3 Å². The molecule has 0 heterocycles. The first-order valence-corrected chi connectivity index (χ1v) is 8.00. The van der Waals surface area contributed by atoms with E-state index in [4.69, 9.17) is 10.2 Å². The highest BCUT2D eigenvalue weighted by molar-refractivity contribution is 9.10. The number of hydrogen-bond donors (Lipinski definition) is 2. The van der Waals surface area contributed by atoms with Crippen molar-refractivity contribution in [2.45, 2.75) is 12.8 Å². The molecule has 5 nitrogen and oxygen atoms in total. The number of benzene rings is 2. The third-order valence-electron chi connectivity index (χ3n) is 3.59. The molecule has 0 saturated heterocycles. The average molecular weight is 391 g/mol. The Balaban J connectivity index is 2.11. The van der Waals surface area contributed by atoms with E-state index in [1.807, 2.05) is 24.3 Å². The molecule has 2 N–H and O–H groups in total. The van der Waals surface area contributed by atoms with E-state index in [2.05, 4.69) is 15.9 Å². The van der Waals surface area contributed by atoms with Crippen LogP contribution in [0.1, 0.15) is 23.2 Å². The number of rotatable bonds is 7. The van der Waals surface area contributed by atoms with Crippen molar-refractivity contribution in [3.8, 4) is 11.1 Å². The van der Waals surface area contributed by atoms with Gasteiger partial charge >= 0.3 is 11.9 Å². The lowest BCUT2D eigenvalue weighted by atomic mass is 9.94. The smallest absolute Gasteiger partial charge is 0.307 e. The Morgan fingerprint density at radius 2 is 1.33 bits per heavy atom. The van der Waals surface area contributed by atoms with Gasteiger partial charge in [0.25, 0.3) is 0 Å². The first-order chi connectivity index (χ1) is 11.4. The molecular weight excluding hydrogens is 376 g/mol. The minimum atomic E-state index is -1.28. The standard InChI is InChI=1S/C18H15BrO5/c19-15-7-5-12(6-8-15)11-1-3-13(4-2-11)16(20)9-14(18(23)24)10-17(21)22/h1-8,14H,9-10H2,(H,21,22)(H,23,24). The fraction of sp³-hybridized carbons (Fsp3) is 0.167. The van der Waals surface area contributed by atoms with Crippen molar-refractivity contribution in [3.63, 3.8) is 0 Å². The van der Waals surface area contributed by atoms with Gasteiger partial charge in [0, 0.05) is 16.5 Å². The maximum Gasteiger partial charge on any atom is 0.307 e. The molecule has 2 aromatic rings. The van der Waals surface area contributed by atoms with Crippen LogP contribution < -0.4 is 0 Å². The summed E-state index contributed by atoms with van der Waals surface area (Å²) in [5, 5.41) is 17.7. The van der Waals surface area contributed by atoms with Gasteiger partial charge in [-0.05, 0) is 23.3 Å². The van der Waals surface area contributed by atoms with Gasteiger partial charge in [-0.15, -0.1) is 0 Å². The molecule has 0 aliphatic carbocycles. The zero-order chi connectivity index (χ0) is 17.7. The summed E-state index contributed by atoms with van der Waals surface area (Å²) >= 11 is 3.37. The number of hydrogen-bond acceptors (Lipinski definition) is 3. The minimum Gasteiger partial charge on any atom is -0.481 e. The summed E-state index contributed by atoms with van der Waals surface area (Å²) in [6, 6.07) is 14.5. The first kappa shape index (κ1) is 17.9. The second-order valence-electron chi connectivity index (χ2n) is 5.34. The number of ketones is 1. The highest BCUT2D eigenvalue weighted by Crippen LogP contribution is 2.23. The number of Topliss-reactive ketones (excluding diaryl/α,β-unsaturated/α-hetero) is 1. The molecule has 24 heavy (non-hydrogen) atoms. The van der Waals surface area contributed by atoms with Gasteiger partial charge in [0.05, 0.1) is 12.3 Å². The van der Waals surface area contributed by atoms with Gasteiger partial charge in [-0.2, -0.15) is 0 Å². The van der Waals surface area contributed by atoms with Crippen molar-refractivity contribution in [1.82, 2.24) is 0 Å². The van der Waals surface area contributed by atoms with E-state index in [-0.39, 0.29) is 12.2 Å². The van der Waals surface area contributed by atoms with Gasteiger partial charge in [-0.25, -0.2) is 0 Å². The minimum absolute atomic E-state index is 0.334. The van der Waals surface area contributed by atoms with Crippen LogP contribution >= 0.6 is 15.9 Å². The molecule has 1 unspecified atom stereocenters. The van der Waals surface area contributed by atoms with Crippen LogP contribution in [0.25, 0.3) is 11.1 Å². The summed E-state index contributed by atoms with van der Waals surface area (Å²) in [5.74, 6) is -4.12. The highest BCUT2D eigenvalue weighted by Gasteiger charge is 2.24. The quantitative estimate of drug-likeness (QED) is 0.700. The lowest BCUT2D eigenvalue weighted by Gasteiger charge is -2.09. The van der Waals surface area contributed by atoms with Crippen LogP contribution in [-0.4, -0.2) is 27.9 Å². The van der Waals surface area contributed by atoms with Crippen molar-refractivity contribution in [2.75, 3.05) is 0 Å². The second kappa shape index (κ2) is 7.88. The van der Waals surface area contributed by atoms with E-state index in [1.165, 1.54) is 0 Å². The molecule has 0 spiro atoms. The molecule has 6 heteroatoms. The van der Waals surface area contributed by atoms with Crippen LogP contribution in [0.4, 0.5) is 0 Å². The summed E-state index contributed by atoms with van der Waals surface area (Å²) in [5.41, 5.74) is 2.29. The number of carbonyl (C=O) groups is 3. The molecule has 0 bridgehead atoms. The summed E-state index contributed by atoms with van der Waals surface area (Å²) in [7, 11) is 0. The SMILES string of the molecule is O=C(O)CC(CC(=O)c1ccc(-c2ccc(Br)cc2)cc1)C(=O)O. The van der Waals surface area contributed by atoms with E-state index in [1.54, 1.807) is 24.3 Å². The Hall–Kier alpha value is -2.47. The van der Waals surface area contributed by atoms with Gasteiger partial charge in [0.15, 0.2) is 5.78 Å². The fourth-order valence-corrected chi connectivity index (χ4v) is 2.55. The largest absolute Gasteiger partial charge is 0.481 e. The molecule has 1 atom stereocenters. The lowest BCUT2D eigenvalue weighted by Crippen LogP contribution is -2.21. The molecule has 2 aromatic carbocycles. The monoisotopic (exact) mass is 390 g/mol. The second-order valence-corrected chi connectivity index (χ2v) is 6.26. The van der Waals surface area contributed by atoms with Crippen LogP contribution in [-0.2, 0) is 9.59 Å². The molecule has 0 amide bonds. The first-order valence-electron chi connectivity index (χ1n) is 7.20. The molecule has 0 radical (unpaired) electrons. The third kappa shape index (κ3) is 4.76. The molecule has 0 aromatic heterocycles. The van der Waals surface area contributed by atoms with Gasteiger partial charge in [0.1, 0.15) is 0 Å². The topological polar surface area (TPSA) is 91.7 Å². The average Bonchev–Trinajstić information content (AvgIpc) is 2.54. The molecule has 0 fully saturated rings. The number of halogens is 1. The van der Waals surface area contributed by atoms with E-state index in [0.717, 1.165) is 15.6 Å². The van der Waals surface area contributed by atoms with Crippen molar-refractivity contribution in [3.05, 3.63) is 58.6 Å². The van der Waals surface area contributed by atoms with Crippen LogP contribution in [0, 0.1) is 5.92 Å². The number of carboxylic acids is 2. The number of carboxylic acid groups (broad SMARTS) is 2. The lowest BCUT2D eigenvalue weighted by molar-refractivity contribution is -0.148. The molecule has 0 aliphatic heterocycles. The predicted molar refractivity (Wildman–Crippen MR) is 91.9 cm³/mol. The van der Waals surface area contributed by atoms with Crippen LogP contribution in [0.3, 0.4) is 0 Å². The van der Waals surface area contributed by atoms with Crippen molar-refractivity contribution in [1.29, 1.82) is 0 Å². The van der Waals surface area contributed by atoms with E-state index in [9.17, 15) is 14.4 Å². The zero-order valence-electron chi connectivity index (χ0n) is 12.6. The summed E-state index contributed by atoms with van der Waals surface area (Å²) in [4.78, 5) is 33.9. The molecule has 0 saturated carbocycles. The highest BCUT2D eigenvalue weighted by atomic mass is 79.9. The summed E-state index contributed by atoms with van der Waals surface area (Å²) < 4.78 is 0.969. The van der Waals surface area contributed by atoms with Gasteiger partial charge < -0.3 is 10.2 Å². The Labute approximate surface area is 147 Å². The Morgan fingerprint density at radius 3 is 1.79 bits per heavy atom. The fourth-order valence-electron chi connectivity index (χ4n) is 2.29. The van der Waals surface area contributed by atoms with Gasteiger partial charge in [0.2, 0.25) is 0 Å². The van der Waals surface area contributed by atoms with E-state index < -0.39 is 24.3 Å². The normalized spacial score (nSPS) is 11.7. The third-order valence-corrected chi connectivity index (χ3v) is 4.12. The summed E-state index contributed by atoms with van der Waals surface area (Å²) in [6.07, 6.45) is -0.905. The zero-order valence-corrected chi connectivity index (χ0v) is 14.2. The summed E-state index contributed by atoms with van der Waals surface area (Å²) in [6.45, 7) is 0. The van der Waals surface area contributed by atoms with Gasteiger partial charge in [-0.3, -0.25) is 14.4 Å². The number of carbonyl (C=O) groups excluding carboxylic acids is 1. The van der Waals surface area contributed by atoms with Crippen LogP contribution in [0.2, 0.25) is 0 Å². The van der Waals surface area contributed by atoms with E-state index in [0.29, 0.717) is 5.56 Å². The van der Waals surface area contributed by atoms with E-state index >= 15 is 0 Å². The Bertz CT molecular complexity index is 750. The molecule has 124 valence electrons. The maximum absolute atomic E-state index is 12.2. The van der Waals surface area contributed by atoms with Crippen molar-refractivity contribution < 1.29 is 24.6 Å². The Morgan fingerprint density at radius 1 is 0.833 bits per heavy atom. The Kier molecular flexibility index (Phi) is 5.87. The predicted octanol–water partition coefficient (Wildman–Crippen LogP) is 3.86. The number of aliphatic carboxylic acids is 2. The van der Waals surface area contributed by atoms with Crippen molar-refractivity contribution in [2.24, 2.45) is 5.92 Å². The van der Waals surface area contributed by atoms with Crippen molar-refractivity contribution >= 4 is 33.7 Å². The molecule has 0 aliphatic rings. The maximum atomic E-state index is 12.2. The molecule has 2 rings (SSSR count). The molecular formula is C18H15BrO5. The van der Waals surface area contributed by atoms with Crippen LogP contribution in [0.15, 0.2) is 53.0 Å².